The third-order valence-electron chi connectivity index (χ3n) is 2.88. The van der Waals surface area contributed by atoms with Crippen LogP contribution in [0.25, 0.3) is 0 Å². The second-order valence-electron chi connectivity index (χ2n) is 3.98. The van der Waals surface area contributed by atoms with Gasteiger partial charge in [0.25, 0.3) is 0 Å². The Hall–Kier alpha value is -0.610. The molecular formula is C10H20N2O2. The minimum atomic E-state index is -0.0915. The fraction of sp³-hybridized carbons (Fsp3) is 0.900. The maximum absolute atomic E-state index is 11.9. The van der Waals surface area contributed by atoms with Gasteiger partial charge >= 0.3 is 0 Å². The summed E-state index contributed by atoms with van der Waals surface area (Å²) in [6.07, 6.45) is 3.19. The molecule has 4 heteroatoms. The van der Waals surface area contributed by atoms with E-state index < -0.39 is 0 Å². The van der Waals surface area contributed by atoms with E-state index in [4.69, 9.17) is 5.11 Å². The van der Waals surface area contributed by atoms with Crippen molar-refractivity contribution < 1.29 is 9.90 Å². The highest BCUT2D eigenvalue weighted by atomic mass is 16.3. The molecule has 0 aromatic heterocycles. The van der Waals surface area contributed by atoms with Crippen molar-refractivity contribution >= 4 is 5.91 Å². The molecule has 0 aliphatic carbocycles. The SMILES string of the molecule is CC(CO)N(C)C(=O)[C@@H]1CCCCN1. The number of hydrogen-bond donors (Lipinski definition) is 2. The Morgan fingerprint density at radius 3 is 2.86 bits per heavy atom. The molecule has 1 amide bonds. The first-order valence-corrected chi connectivity index (χ1v) is 5.27. The van der Waals surface area contributed by atoms with Crippen LogP contribution in [0.4, 0.5) is 0 Å². The Labute approximate surface area is 85.3 Å². The van der Waals surface area contributed by atoms with Crippen molar-refractivity contribution in [2.45, 2.75) is 38.3 Å². The van der Waals surface area contributed by atoms with E-state index in [2.05, 4.69) is 5.32 Å². The van der Waals surface area contributed by atoms with Crippen LogP contribution in [0.5, 0.6) is 0 Å². The van der Waals surface area contributed by atoms with Gasteiger partial charge < -0.3 is 15.3 Å². The van der Waals surface area contributed by atoms with Gasteiger partial charge in [-0.3, -0.25) is 4.79 Å². The van der Waals surface area contributed by atoms with Crippen molar-refractivity contribution in [1.29, 1.82) is 0 Å². The fourth-order valence-electron chi connectivity index (χ4n) is 1.65. The molecule has 1 heterocycles. The summed E-state index contributed by atoms with van der Waals surface area (Å²) in [4.78, 5) is 13.5. The average molecular weight is 200 g/mol. The summed E-state index contributed by atoms with van der Waals surface area (Å²) in [5, 5.41) is 12.1. The van der Waals surface area contributed by atoms with Gasteiger partial charge in [-0.25, -0.2) is 0 Å². The number of nitrogens with zero attached hydrogens (tertiary/aromatic N) is 1. The lowest BCUT2D eigenvalue weighted by Crippen LogP contribution is -2.50. The molecule has 2 atom stereocenters. The molecule has 1 unspecified atom stereocenters. The van der Waals surface area contributed by atoms with Gasteiger partial charge in [0.2, 0.25) is 5.91 Å². The first-order chi connectivity index (χ1) is 6.66. The van der Waals surface area contributed by atoms with Crippen LogP contribution in [0.15, 0.2) is 0 Å². The van der Waals surface area contributed by atoms with Crippen LogP contribution in [-0.4, -0.2) is 48.2 Å². The Balaban J connectivity index is 2.46. The number of carbonyl (C=O) groups is 1. The van der Waals surface area contributed by atoms with Gasteiger partial charge in [-0.1, -0.05) is 6.42 Å². The van der Waals surface area contributed by atoms with E-state index in [1.54, 1.807) is 11.9 Å². The third-order valence-corrected chi connectivity index (χ3v) is 2.88. The second kappa shape index (κ2) is 5.32. The lowest BCUT2D eigenvalue weighted by Gasteiger charge is -2.30. The summed E-state index contributed by atoms with van der Waals surface area (Å²) >= 11 is 0. The van der Waals surface area contributed by atoms with Gasteiger partial charge in [0.15, 0.2) is 0 Å². The lowest BCUT2D eigenvalue weighted by atomic mass is 10.0. The van der Waals surface area contributed by atoms with Crippen molar-refractivity contribution in [2.75, 3.05) is 20.2 Å². The first kappa shape index (κ1) is 11.5. The monoisotopic (exact) mass is 200 g/mol. The Morgan fingerprint density at radius 1 is 1.64 bits per heavy atom. The third kappa shape index (κ3) is 2.69. The predicted octanol–water partition coefficient (Wildman–Crippen LogP) is -0.0323. The smallest absolute Gasteiger partial charge is 0.239 e. The topological polar surface area (TPSA) is 52.6 Å². The van der Waals surface area contributed by atoms with Crippen molar-refractivity contribution in [2.24, 2.45) is 0 Å². The van der Waals surface area contributed by atoms with Crippen LogP contribution < -0.4 is 5.32 Å². The Kier molecular flexibility index (Phi) is 4.35. The van der Waals surface area contributed by atoms with Crippen LogP contribution in [-0.2, 0) is 4.79 Å². The molecule has 1 rings (SSSR count). The molecule has 4 nitrogen and oxygen atoms in total. The molecule has 0 aromatic rings. The van der Waals surface area contributed by atoms with E-state index >= 15 is 0 Å². The number of nitrogens with one attached hydrogen (secondary N) is 1. The highest BCUT2D eigenvalue weighted by Crippen LogP contribution is 2.10. The number of carbonyl (C=O) groups excluding carboxylic acids is 1. The summed E-state index contributed by atoms with van der Waals surface area (Å²) < 4.78 is 0. The van der Waals surface area contributed by atoms with E-state index in [-0.39, 0.29) is 24.6 Å². The Morgan fingerprint density at radius 2 is 2.36 bits per heavy atom. The van der Waals surface area contributed by atoms with Gasteiger partial charge in [-0.2, -0.15) is 0 Å². The Bertz CT molecular complexity index is 187. The van der Waals surface area contributed by atoms with E-state index in [9.17, 15) is 4.79 Å². The van der Waals surface area contributed by atoms with Gasteiger partial charge in [0.1, 0.15) is 0 Å². The zero-order chi connectivity index (χ0) is 10.6. The lowest BCUT2D eigenvalue weighted by molar-refractivity contribution is -0.135. The van der Waals surface area contributed by atoms with E-state index in [1.165, 1.54) is 0 Å². The summed E-state index contributed by atoms with van der Waals surface area (Å²) in [5.74, 6) is 0.103. The average Bonchev–Trinajstić information content (AvgIpc) is 2.27. The molecule has 2 N–H and O–H groups in total. The van der Waals surface area contributed by atoms with Crippen molar-refractivity contribution in [3.63, 3.8) is 0 Å². The largest absolute Gasteiger partial charge is 0.394 e. The molecule has 1 aliphatic heterocycles. The van der Waals surface area contributed by atoms with Crippen LogP contribution in [0.3, 0.4) is 0 Å². The number of amides is 1. The molecule has 0 saturated carbocycles. The molecule has 0 aromatic carbocycles. The number of rotatable bonds is 3. The van der Waals surface area contributed by atoms with Crippen molar-refractivity contribution in [3.8, 4) is 0 Å². The van der Waals surface area contributed by atoms with Gasteiger partial charge in [0, 0.05) is 7.05 Å². The van der Waals surface area contributed by atoms with Crippen LogP contribution in [0, 0.1) is 0 Å². The molecule has 0 bridgehead atoms. The summed E-state index contributed by atoms with van der Waals surface area (Å²) in [7, 11) is 1.75. The highest BCUT2D eigenvalue weighted by molar-refractivity contribution is 5.82. The fourth-order valence-corrected chi connectivity index (χ4v) is 1.65. The van der Waals surface area contributed by atoms with Crippen LogP contribution in [0.2, 0.25) is 0 Å². The van der Waals surface area contributed by atoms with Crippen LogP contribution in [0.1, 0.15) is 26.2 Å². The maximum Gasteiger partial charge on any atom is 0.239 e. The van der Waals surface area contributed by atoms with E-state index in [0.717, 1.165) is 25.8 Å². The quantitative estimate of drug-likeness (QED) is 0.672. The van der Waals surface area contributed by atoms with Crippen LogP contribution >= 0.6 is 0 Å². The number of aliphatic hydroxyl groups excluding tert-OH is 1. The predicted molar refractivity (Wildman–Crippen MR) is 55.0 cm³/mol. The molecule has 1 fully saturated rings. The van der Waals surface area contributed by atoms with Crippen molar-refractivity contribution in [1.82, 2.24) is 10.2 Å². The summed E-state index contributed by atoms with van der Waals surface area (Å²) in [6, 6.07) is -0.131. The highest BCUT2D eigenvalue weighted by Gasteiger charge is 2.25. The molecule has 0 spiro atoms. The molecular weight excluding hydrogens is 180 g/mol. The molecule has 1 aliphatic rings. The molecule has 0 radical (unpaired) electrons. The summed E-state index contributed by atoms with van der Waals surface area (Å²) in [6.45, 7) is 2.80. The minimum Gasteiger partial charge on any atom is -0.394 e. The first-order valence-electron chi connectivity index (χ1n) is 5.27. The summed E-state index contributed by atoms with van der Waals surface area (Å²) in [5.41, 5.74) is 0. The van der Waals surface area contributed by atoms with Gasteiger partial charge in [-0.15, -0.1) is 0 Å². The molecule has 82 valence electrons. The molecule has 14 heavy (non-hydrogen) atoms. The number of piperidine rings is 1. The number of likely N-dealkylation sites (N-methyl/N-ethyl adjacent to an activating group) is 1. The number of aliphatic hydroxyl groups is 1. The zero-order valence-electron chi connectivity index (χ0n) is 8.99. The standard InChI is InChI=1S/C10H20N2O2/c1-8(7-13)12(2)10(14)9-5-3-4-6-11-9/h8-9,11,13H,3-7H2,1-2H3/t8?,9-/m0/s1. The second-order valence-corrected chi connectivity index (χ2v) is 3.98. The van der Waals surface area contributed by atoms with Gasteiger partial charge in [0.05, 0.1) is 18.7 Å². The molecule has 1 saturated heterocycles. The maximum atomic E-state index is 11.9. The van der Waals surface area contributed by atoms with Crippen molar-refractivity contribution in [3.05, 3.63) is 0 Å². The number of hydrogen-bond acceptors (Lipinski definition) is 3. The minimum absolute atomic E-state index is 0.0228. The normalized spacial score (nSPS) is 24.4. The van der Waals surface area contributed by atoms with Gasteiger partial charge in [-0.05, 0) is 26.3 Å². The van der Waals surface area contributed by atoms with E-state index in [1.807, 2.05) is 6.92 Å². The van der Waals surface area contributed by atoms with E-state index in [0.29, 0.717) is 0 Å². The zero-order valence-corrected chi connectivity index (χ0v) is 8.99.